The van der Waals surface area contributed by atoms with Crippen LogP contribution in [0, 0.1) is 20.8 Å². The molecule has 0 spiro atoms. The van der Waals surface area contributed by atoms with Gasteiger partial charge in [0.1, 0.15) is 0 Å². The number of thioether (sulfide) groups is 1. The van der Waals surface area contributed by atoms with Gasteiger partial charge < -0.3 is 5.32 Å². The van der Waals surface area contributed by atoms with Gasteiger partial charge in [-0.3, -0.25) is 0 Å². The predicted molar refractivity (Wildman–Crippen MR) is 80.1 cm³/mol. The van der Waals surface area contributed by atoms with Crippen molar-refractivity contribution in [2.75, 3.05) is 18.1 Å². The molecule has 0 aliphatic heterocycles. The first-order chi connectivity index (χ1) is 8.10. The van der Waals surface area contributed by atoms with Gasteiger partial charge in [-0.15, -0.1) is 0 Å². The highest BCUT2D eigenvalue weighted by atomic mass is 32.2. The number of hydrogen-bond donors (Lipinski definition) is 1. The van der Waals surface area contributed by atoms with Crippen LogP contribution in [-0.2, 0) is 0 Å². The Balaban J connectivity index is 3.00. The van der Waals surface area contributed by atoms with Gasteiger partial charge in [-0.25, -0.2) is 0 Å². The maximum atomic E-state index is 3.61. The number of rotatable bonds is 6. The van der Waals surface area contributed by atoms with E-state index >= 15 is 0 Å². The van der Waals surface area contributed by atoms with E-state index in [2.05, 4.69) is 52.1 Å². The van der Waals surface area contributed by atoms with Gasteiger partial charge in [0.05, 0.1) is 0 Å². The molecule has 1 unspecified atom stereocenters. The molecule has 1 aromatic rings. The Morgan fingerprint density at radius 2 is 1.71 bits per heavy atom. The molecule has 17 heavy (non-hydrogen) atoms. The molecule has 1 N–H and O–H groups in total. The topological polar surface area (TPSA) is 12.0 Å². The molecule has 0 aromatic heterocycles. The van der Waals surface area contributed by atoms with E-state index < -0.39 is 0 Å². The smallest absolute Gasteiger partial charge is 0.0417 e. The van der Waals surface area contributed by atoms with Crippen LogP contribution in [0.3, 0.4) is 0 Å². The maximum absolute atomic E-state index is 3.61. The average molecular weight is 251 g/mol. The summed E-state index contributed by atoms with van der Waals surface area (Å²) in [5, 5.41) is 3.61. The third kappa shape index (κ3) is 4.04. The van der Waals surface area contributed by atoms with E-state index in [0.717, 1.165) is 12.3 Å². The van der Waals surface area contributed by atoms with Crippen LogP contribution in [-0.4, -0.2) is 18.1 Å². The summed E-state index contributed by atoms with van der Waals surface area (Å²) < 4.78 is 0. The molecule has 1 atom stereocenters. The van der Waals surface area contributed by atoms with Gasteiger partial charge in [0.25, 0.3) is 0 Å². The summed E-state index contributed by atoms with van der Waals surface area (Å²) in [5.74, 6) is 2.35. The van der Waals surface area contributed by atoms with Crippen molar-refractivity contribution in [2.45, 2.75) is 40.7 Å². The Hall–Kier alpha value is -0.470. The van der Waals surface area contributed by atoms with E-state index in [-0.39, 0.29) is 0 Å². The van der Waals surface area contributed by atoms with Crippen LogP contribution in [0.1, 0.15) is 42.1 Å². The molecule has 0 radical (unpaired) electrons. The van der Waals surface area contributed by atoms with Crippen LogP contribution in [0.2, 0.25) is 0 Å². The first-order valence-corrected chi connectivity index (χ1v) is 7.64. The lowest BCUT2D eigenvalue weighted by Crippen LogP contribution is -2.24. The van der Waals surface area contributed by atoms with Crippen molar-refractivity contribution in [1.29, 1.82) is 0 Å². The fraction of sp³-hybridized carbons (Fsp3) is 0.600. The molecule has 1 rings (SSSR count). The van der Waals surface area contributed by atoms with E-state index in [4.69, 9.17) is 0 Å². The van der Waals surface area contributed by atoms with Crippen LogP contribution < -0.4 is 5.32 Å². The maximum Gasteiger partial charge on any atom is 0.0417 e. The van der Waals surface area contributed by atoms with Gasteiger partial charge in [0.15, 0.2) is 0 Å². The van der Waals surface area contributed by atoms with E-state index in [1.54, 1.807) is 0 Å². The zero-order valence-corrected chi connectivity index (χ0v) is 12.6. The molecule has 0 fully saturated rings. The van der Waals surface area contributed by atoms with Gasteiger partial charge in [-0.1, -0.05) is 31.5 Å². The minimum absolute atomic E-state index is 0.491. The zero-order chi connectivity index (χ0) is 12.8. The molecular weight excluding hydrogens is 226 g/mol. The molecule has 0 aliphatic rings. The summed E-state index contributed by atoms with van der Waals surface area (Å²) in [7, 11) is 0. The van der Waals surface area contributed by atoms with Crippen molar-refractivity contribution in [1.82, 2.24) is 5.32 Å². The molecule has 1 aromatic carbocycles. The van der Waals surface area contributed by atoms with Crippen molar-refractivity contribution in [3.8, 4) is 0 Å². The standard InChI is InChI=1S/C15H25NS/c1-6-16-14(10-17-7-2)15-12(4)8-11(3)9-13(15)5/h8-9,14,16H,6-7,10H2,1-5H3. The van der Waals surface area contributed by atoms with E-state index in [0.29, 0.717) is 6.04 Å². The predicted octanol–water partition coefficient (Wildman–Crippen LogP) is 4.02. The van der Waals surface area contributed by atoms with Gasteiger partial charge in [-0.2, -0.15) is 11.8 Å². The zero-order valence-electron chi connectivity index (χ0n) is 11.8. The van der Waals surface area contributed by atoms with Crippen molar-refractivity contribution >= 4 is 11.8 Å². The molecule has 0 saturated carbocycles. The molecule has 0 heterocycles. The Kier molecular flexibility index (Phi) is 6.07. The Bertz CT molecular complexity index is 337. The lowest BCUT2D eigenvalue weighted by molar-refractivity contribution is 0.600. The van der Waals surface area contributed by atoms with Crippen LogP contribution in [0.5, 0.6) is 0 Å². The fourth-order valence-electron chi connectivity index (χ4n) is 2.47. The quantitative estimate of drug-likeness (QED) is 0.819. The fourth-order valence-corrected chi connectivity index (χ4v) is 3.22. The number of aryl methyl sites for hydroxylation is 3. The monoisotopic (exact) mass is 251 g/mol. The Morgan fingerprint density at radius 3 is 2.18 bits per heavy atom. The molecule has 0 bridgehead atoms. The highest BCUT2D eigenvalue weighted by Crippen LogP contribution is 2.26. The van der Waals surface area contributed by atoms with E-state index in [9.17, 15) is 0 Å². The van der Waals surface area contributed by atoms with Crippen molar-refractivity contribution < 1.29 is 0 Å². The first kappa shape index (κ1) is 14.6. The second-order valence-electron chi connectivity index (χ2n) is 4.58. The molecular formula is C15H25NS. The van der Waals surface area contributed by atoms with Crippen molar-refractivity contribution in [2.24, 2.45) is 0 Å². The highest BCUT2D eigenvalue weighted by Gasteiger charge is 2.15. The minimum atomic E-state index is 0.491. The van der Waals surface area contributed by atoms with Crippen LogP contribution in [0.15, 0.2) is 12.1 Å². The second kappa shape index (κ2) is 7.07. The van der Waals surface area contributed by atoms with Gasteiger partial charge in [0, 0.05) is 11.8 Å². The highest BCUT2D eigenvalue weighted by molar-refractivity contribution is 7.99. The third-order valence-electron chi connectivity index (χ3n) is 3.03. The molecule has 0 saturated heterocycles. The summed E-state index contributed by atoms with van der Waals surface area (Å²) in [5.41, 5.74) is 5.70. The molecule has 0 aliphatic carbocycles. The average Bonchev–Trinajstić information content (AvgIpc) is 2.24. The summed E-state index contributed by atoms with van der Waals surface area (Å²) in [6.45, 7) is 12.1. The number of benzene rings is 1. The van der Waals surface area contributed by atoms with Gasteiger partial charge >= 0.3 is 0 Å². The SMILES string of the molecule is CCNC(CSCC)c1c(C)cc(C)cc1C. The van der Waals surface area contributed by atoms with Crippen LogP contribution in [0.4, 0.5) is 0 Å². The Morgan fingerprint density at radius 1 is 1.12 bits per heavy atom. The lowest BCUT2D eigenvalue weighted by atomic mass is 9.95. The minimum Gasteiger partial charge on any atom is -0.309 e. The molecule has 2 heteroatoms. The number of nitrogens with one attached hydrogen (secondary N) is 1. The first-order valence-electron chi connectivity index (χ1n) is 6.49. The summed E-state index contributed by atoms with van der Waals surface area (Å²) in [6, 6.07) is 5.08. The second-order valence-corrected chi connectivity index (χ2v) is 5.90. The number of hydrogen-bond acceptors (Lipinski definition) is 2. The van der Waals surface area contributed by atoms with Gasteiger partial charge in [-0.05, 0) is 49.8 Å². The molecule has 1 nitrogen and oxygen atoms in total. The van der Waals surface area contributed by atoms with E-state index in [1.807, 2.05) is 11.8 Å². The molecule has 96 valence electrons. The summed E-state index contributed by atoms with van der Waals surface area (Å²) in [6.07, 6.45) is 0. The van der Waals surface area contributed by atoms with Crippen molar-refractivity contribution in [3.05, 3.63) is 34.4 Å². The summed E-state index contributed by atoms with van der Waals surface area (Å²) >= 11 is 2.01. The normalized spacial score (nSPS) is 12.8. The van der Waals surface area contributed by atoms with E-state index in [1.165, 1.54) is 28.0 Å². The molecule has 0 amide bonds. The van der Waals surface area contributed by atoms with Gasteiger partial charge in [0.2, 0.25) is 0 Å². The lowest BCUT2D eigenvalue weighted by Gasteiger charge is -2.22. The van der Waals surface area contributed by atoms with Crippen molar-refractivity contribution in [3.63, 3.8) is 0 Å². The Labute approximate surface area is 110 Å². The largest absolute Gasteiger partial charge is 0.309 e. The van der Waals surface area contributed by atoms with Crippen LogP contribution in [0.25, 0.3) is 0 Å². The van der Waals surface area contributed by atoms with Crippen LogP contribution >= 0.6 is 11.8 Å². The third-order valence-corrected chi connectivity index (χ3v) is 4.00. The summed E-state index contributed by atoms with van der Waals surface area (Å²) in [4.78, 5) is 0.